The molecule has 1 aromatic carbocycles. The Morgan fingerprint density at radius 1 is 1.56 bits per heavy atom. The number of nitrogens with one attached hydrogen (secondary N) is 2. The lowest BCUT2D eigenvalue weighted by Crippen LogP contribution is -2.24. The fourth-order valence-electron chi connectivity index (χ4n) is 2.22. The van der Waals surface area contributed by atoms with Crippen LogP contribution in [0.3, 0.4) is 0 Å². The predicted molar refractivity (Wildman–Crippen MR) is 71.6 cm³/mol. The van der Waals surface area contributed by atoms with E-state index in [1.54, 1.807) is 12.1 Å². The molecule has 0 aliphatic carbocycles. The van der Waals surface area contributed by atoms with Gasteiger partial charge in [0, 0.05) is 24.3 Å². The number of benzene rings is 1. The second-order valence-corrected chi connectivity index (χ2v) is 4.54. The Morgan fingerprint density at radius 2 is 2.39 bits per heavy atom. The van der Waals surface area contributed by atoms with Gasteiger partial charge in [0.05, 0.1) is 4.92 Å². The highest BCUT2D eigenvalue weighted by atomic mass is 16.6. The average Bonchev–Trinajstić information content (AvgIpc) is 2.81. The molecule has 0 amide bonds. The summed E-state index contributed by atoms with van der Waals surface area (Å²) in [5.41, 5.74) is 6.61. The SMILES string of the molecule is Nc1cc(NCCC2CCCN2)ccc1[N+](=O)[O-]. The van der Waals surface area contributed by atoms with Crippen LogP contribution >= 0.6 is 0 Å². The molecule has 1 heterocycles. The molecule has 6 heteroatoms. The maximum absolute atomic E-state index is 10.6. The van der Waals surface area contributed by atoms with Crippen molar-refractivity contribution >= 4 is 17.1 Å². The van der Waals surface area contributed by atoms with Gasteiger partial charge in [-0.2, -0.15) is 0 Å². The molecular weight excluding hydrogens is 232 g/mol. The summed E-state index contributed by atoms with van der Waals surface area (Å²) in [5, 5.41) is 17.3. The van der Waals surface area contributed by atoms with Crippen molar-refractivity contribution in [3.63, 3.8) is 0 Å². The van der Waals surface area contributed by atoms with Crippen molar-refractivity contribution in [1.29, 1.82) is 0 Å². The van der Waals surface area contributed by atoms with Crippen molar-refractivity contribution in [2.75, 3.05) is 24.1 Å². The summed E-state index contributed by atoms with van der Waals surface area (Å²) in [5.74, 6) is 0. The molecule has 0 radical (unpaired) electrons. The maximum atomic E-state index is 10.6. The van der Waals surface area contributed by atoms with Crippen LogP contribution in [0.1, 0.15) is 19.3 Å². The van der Waals surface area contributed by atoms with Crippen LogP contribution in [0.4, 0.5) is 17.1 Å². The van der Waals surface area contributed by atoms with E-state index in [4.69, 9.17) is 5.73 Å². The van der Waals surface area contributed by atoms with Gasteiger partial charge in [-0.3, -0.25) is 10.1 Å². The lowest BCUT2D eigenvalue weighted by molar-refractivity contribution is -0.383. The molecule has 2 rings (SSSR count). The molecule has 1 saturated heterocycles. The second kappa shape index (κ2) is 5.68. The molecule has 1 unspecified atom stereocenters. The van der Waals surface area contributed by atoms with Crippen LogP contribution in [0.2, 0.25) is 0 Å². The molecule has 0 saturated carbocycles. The molecule has 98 valence electrons. The summed E-state index contributed by atoms with van der Waals surface area (Å²) in [6.07, 6.45) is 3.52. The minimum atomic E-state index is -0.471. The third kappa shape index (κ3) is 3.10. The maximum Gasteiger partial charge on any atom is 0.292 e. The zero-order valence-electron chi connectivity index (χ0n) is 10.2. The van der Waals surface area contributed by atoms with Gasteiger partial charge in [0.25, 0.3) is 5.69 Å². The Hall–Kier alpha value is -1.82. The van der Waals surface area contributed by atoms with E-state index in [0.717, 1.165) is 25.2 Å². The van der Waals surface area contributed by atoms with Crippen LogP contribution in [0.15, 0.2) is 18.2 Å². The van der Waals surface area contributed by atoms with Crippen molar-refractivity contribution in [3.05, 3.63) is 28.3 Å². The van der Waals surface area contributed by atoms with Crippen molar-refractivity contribution in [2.45, 2.75) is 25.3 Å². The fourth-order valence-corrected chi connectivity index (χ4v) is 2.22. The lowest BCUT2D eigenvalue weighted by Gasteiger charge is -2.11. The van der Waals surface area contributed by atoms with E-state index < -0.39 is 4.92 Å². The molecule has 1 fully saturated rings. The van der Waals surface area contributed by atoms with E-state index in [-0.39, 0.29) is 11.4 Å². The van der Waals surface area contributed by atoms with Crippen LogP contribution in [-0.4, -0.2) is 24.1 Å². The van der Waals surface area contributed by atoms with E-state index in [1.807, 2.05) is 0 Å². The van der Waals surface area contributed by atoms with Gasteiger partial charge in [0.1, 0.15) is 5.69 Å². The standard InChI is InChI=1S/C12H18N4O2/c13-11-8-10(3-4-12(11)16(17)18)15-7-5-9-2-1-6-14-9/h3-4,8-9,14-15H,1-2,5-7,13H2. The molecule has 1 aromatic rings. The molecule has 18 heavy (non-hydrogen) atoms. The number of nitrogens with zero attached hydrogens (tertiary/aromatic N) is 1. The first-order valence-corrected chi connectivity index (χ1v) is 6.18. The van der Waals surface area contributed by atoms with Gasteiger partial charge in [0.2, 0.25) is 0 Å². The average molecular weight is 250 g/mol. The molecule has 6 nitrogen and oxygen atoms in total. The smallest absolute Gasteiger partial charge is 0.292 e. The lowest BCUT2D eigenvalue weighted by atomic mass is 10.1. The predicted octanol–water partition coefficient (Wildman–Crippen LogP) is 1.73. The Labute approximate surface area is 106 Å². The van der Waals surface area contributed by atoms with E-state index in [9.17, 15) is 10.1 Å². The summed E-state index contributed by atoms with van der Waals surface area (Å²) in [7, 11) is 0. The molecular formula is C12H18N4O2. The number of nitro groups is 1. The number of nitrogens with two attached hydrogens (primary N) is 1. The first-order chi connectivity index (χ1) is 8.66. The Bertz CT molecular complexity index is 430. The highest BCUT2D eigenvalue weighted by molar-refractivity contribution is 5.65. The molecule has 1 aliphatic heterocycles. The quantitative estimate of drug-likeness (QED) is 0.420. The highest BCUT2D eigenvalue weighted by Crippen LogP contribution is 2.24. The van der Waals surface area contributed by atoms with Gasteiger partial charge in [0.15, 0.2) is 0 Å². The van der Waals surface area contributed by atoms with E-state index in [0.29, 0.717) is 6.04 Å². The van der Waals surface area contributed by atoms with Crippen LogP contribution in [-0.2, 0) is 0 Å². The summed E-state index contributed by atoms with van der Waals surface area (Å²) in [6.45, 7) is 1.95. The molecule has 1 aliphatic rings. The van der Waals surface area contributed by atoms with Crippen LogP contribution in [0.25, 0.3) is 0 Å². The molecule has 0 aromatic heterocycles. The summed E-state index contributed by atoms with van der Waals surface area (Å²) in [4.78, 5) is 10.1. The number of anilines is 2. The zero-order valence-corrected chi connectivity index (χ0v) is 10.2. The zero-order chi connectivity index (χ0) is 13.0. The summed E-state index contributed by atoms with van der Waals surface area (Å²) >= 11 is 0. The Kier molecular flexibility index (Phi) is 3.99. The molecule has 1 atom stereocenters. The topological polar surface area (TPSA) is 93.2 Å². The first-order valence-electron chi connectivity index (χ1n) is 6.18. The van der Waals surface area contributed by atoms with Crippen LogP contribution in [0, 0.1) is 10.1 Å². The number of nitro benzene ring substituents is 1. The van der Waals surface area contributed by atoms with Crippen molar-refractivity contribution in [3.8, 4) is 0 Å². The van der Waals surface area contributed by atoms with Gasteiger partial charge in [-0.25, -0.2) is 0 Å². The van der Waals surface area contributed by atoms with Gasteiger partial charge < -0.3 is 16.4 Å². The monoisotopic (exact) mass is 250 g/mol. The highest BCUT2D eigenvalue weighted by Gasteiger charge is 2.14. The van der Waals surface area contributed by atoms with Crippen molar-refractivity contribution < 1.29 is 4.92 Å². The summed E-state index contributed by atoms with van der Waals surface area (Å²) < 4.78 is 0. The van der Waals surface area contributed by atoms with Gasteiger partial charge in [-0.1, -0.05) is 0 Å². The second-order valence-electron chi connectivity index (χ2n) is 4.54. The molecule has 4 N–H and O–H groups in total. The largest absolute Gasteiger partial charge is 0.393 e. The third-order valence-corrected chi connectivity index (χ3v) is 3.21. The number of nitrogen functional groups attached to an aromatic ring is 1. The van der Waals surface area contributed by atoms with Gasteiger partial charge in [-0.15, -0.1) is 0 Å². The number of hydrogen-bond acceptors (Lipinski definition) is 5. The Morgan fingerprint density at radius 3 is 3.00 bits per heavy atom. The van der Waals surface area contributed by atoms with E-state index in [1.165, 1.54) is 18.9 Å². The van der Waals surface area contributed by atoms with E-state index >= 15 is 0 Å². The third-order valence-electron chi connectivity index (χ3n) is 3.21. The van der Waals surface area contributed by atoms with Crippen LogP contribution < -0.4 is 16.4 Å². The summed E-state index contributed by atoms with van der Waals surface area (Å²) in [6, 6.07) is 5.33. The molecule has 0 spiro atoms. The number of rotatable bonds is 5. The van der Waals surface area contributed by atoms with E-state index in [2.05, 4.69) is 10.6 Å². The Balaban J connectivity index is 1.85. The van der Waals surface area contributed by atoms with Crippen molar-refractivity contribution in [1.82, 2.24) is 5.32 Å². The fraction of sp³-hybridized carbons (Fsp3) is 0.500. The molecule has 0 bridgehead atoms. The minimum absolute atomic E-state index is 0.0435. The van der Waals surface area contributed by atoms with Gasteiger partial charge in [-0.05, 0) is 37.9 Å². The number of hydrogen-bond donors (Lipinski definition) is 3. The van der Waals surface area contributed by atoms with Crippen molar-refractivity contribution in [2.24, 2.45) is 0 Å². The minimum Gasteiger partial charge on any atom is -0.393 e. The first kappa shape index (κ1) is 12.6. The normalized spacial score (nSPS) is 18.8. The van der Waals surface area contributed by atoms with Crippen LogP contribution in [0.5, 0.6) is 0 Å². The van der Waals surface area contributed by atoms with Gasteiger partial charge >= 0.3 is 0 Å².